The molecule has 5 amide bonds. The highest BCUT2D eigenvalue weighted by Crippen LogP contribution is 2.62. The van der Waals surface area contributed by atoms with Crippen LogP contribution >= 0.6 is 11.6 Å². The van der Waals surface area contributed by atoms with Crippen molar-refractivity contribution in [1.82, 2.24) is 4.90 Å². The number of methoxy groups -OCH3 is 3. The number of nitrogens with zero attached hydrogens (tertiary/aromatic N) is 2. The van der Waals surface area contributed by atoms with E-state index in [2.05, 4.69) is 0 Å². The molecule has 2 aliphatic carbocycles. The van der Waals surface area contributed by atoms with Crippen LogP contribution in [0.2, 0.25) is 5.02 Å². The SMILES string of the molecule is COC(=O)N1C(=O)[C@H]2[C@H](CC=C3[C@H]2C[C@H]2C(=O)N(c4cccc(Cl)c4)C(=O)[C@@]2(c2ccccc2)[C@H]3C=Cc2cc(OC)c(O)c(OC)c2)C1=O. The number of carbonyl (C=O) groups is 5. The second-order valence-electron chi connectivity index (χ2n) is 12.8. The number of likely N-dealkylation sites (tertiary alicyclic amines) is 1. The second kappa shape index (κ2) is 12.5. The molecule has 3 fully saturated rings. The van der Waals surface area contributed by atoms with Gasteiger partial charge in [-0.25, -0.2) is 9.69 Å². The first kappa shape index (κ1) is 33.1. The normalized spacial score (nSPS) is 27.2. The van der Waals surface area contributed by atoms with Crippen LogP contribution in [0.25, 0.3) is 6.08 Å². The highest BCUT2D eigenvalue weighted by atomic mass is 35.5. The average molecular weight is 697 g/mol. The molecule has 50 heavy (non-hydrogen) atoms. The van der Waals surface area contributed by atoms with Crippen LogP contribution in [-0.2, 0) is 29.3 Å². The summed E-state index contributed by atoms with van der Waals surface area (Å²) < 4.78 is 15.5. The molecule has 0 unspecified atom stereocenters. The van der Waals surface area contributed by atoms with Crippen molar-refractivity contribution in [2.45, 2.75) is 18.3 Å². The molecular formula is C38H33ClN2O9. The molecule has 1 saturated carbocycles. The van der Waals surface area contributed by atoms with Crippen molar-refractivity contribution in [2.24, 2.45) is 29.6 Å². The van der Waals surface area contributed by atoms with Crippen LogP contribution in [0, 0.1) is 29.6 Å². The maximum atomic E-state index is 15.2. The standard InChI is InChI=1S/C38H33ClN2O9/c1-48-29-16-20(17-30(49-2)32(29)42)12-15-27-24-13-14-25-31(35(45)41(33(25)43)37(47)50-3)26(24)19-28-34(44)40(23-11-7-10-22(39)18-23)36(46)38(27,28)21-8-5-4-6-9-21/h4-13,15-18,25-28,31,42H,14,19H2,1-3H3/t25-,26+,27-,28-,31-,38-/m0/s1. The van der Waals surface area contributed by atoms with Gasteiger partial charge in [0.15, 0.2) is 11.5 Å². The van der Waals surface area contributed by atoms with Gasteiger partial charge in [-0.1, -0.05) is 71.8 Å². The monoisotopic (exact) mass is 696 g/mol. The number of anilines is 1. The van der Waals surface area contributed by atoms with Gasteiger partial charge >= 0.3 is 6.09 Å². The number of halogens is 1. The summed E-state index contributed by atoms with van der Waals surface area (Å²) >= 11 is 6.35. The molecule has 0 spiro atoms. The van der Waals surface area contributed by atoms with Gasteiger partial charge < -0.3 is 19.3 Å². The number of phenols is 1. The molecule has 12 heteroatoms. The molecule has 4 aliphatic rings. The maximum Gasteiger partial charge on any atom is 0.423 e. The molecule has 3 aromatic carbocycles. The molecule has 256 valence electrons. The van der Waals surface area contributed by atoms with Gasteiger partial charge in [0.1, 0.15) is 0 Å². The number of imide groups is 4. The molecule has 3 aromatic rings. The maximum absolute atomic E-state index is 15.2. The van der Waals surface area contributed by atoms with Crippen LogP contribution in [-0.4, -0.2) is 61.1 Å². The van der Waals surface area contributed by atoms with Crippen LogP contribution in [0.5, 0.6) is 17.2 Å². The third kappa shape index (κ3) is 4.74. The quantitative estimate of drug-likeness (QED) is 0.260. The predicted molar refractivity (Wildman–Crippen MR) is 181 cm³/mol. The number of rotatable bonds is 6. The number of amides is 5. The van der Waals surface area contributed by atoms with Crippen molar-refractivity contribution < 1.29 is 43.3 Å². The van der Waals surface area contributed by atoms with E-state index in [4.69, 9.17) is 25.8 Å². The Balaban J connectivity index is 1.46. The Bertz CT molecular complexity index is 1980. The number of allylic oxidation sites excluding steroid dienone is 3. The van der Waals surface area contributed by atoms with Crippen molar-refractivity contribution in [2.75, 3.05) is 26.2 Å². The molecule has 2 saturated heterocycles. The molecule has 6 atom stereocenters. The van der Waals surface area contributed by atoms with Gasteiger partial charge in [-0.2, -0.15) is 4.90 Å². The number of fused-ring (bicyclic) bond motifs is 4. The van der Waals surface area contributed by atoms with E-state index in [0.717, 1.165) is 7.11 Å². The number of carbonyl (C=O) groups excluding carboxylic acids is 5. The van der Waals surface area contributed by atoms with E-state index in [9.17, 15) is 24.3 Å². The lowest BCUT2D eigenvalue weighted by Gasteiger charge is -2.49. The third-order valence-corrected chi connectivity index (χ3v) is 10.8. The van der Waals surface area contributed by atoms with E-state index < -0.39 is 64.7 Å². The molecule has 7 rings (SSSR count). The summed E-state index contributed by atoms with van der Waals surface area (Å²) in [5, 5.41) is 10.9. The van der Waals surface area contributed by atoms with E-state index in [1.165, 1.54) is 19.1 Å². The van der Waals surface area contributed by atoms with Crippen LogP contribution < -0.4 is 14.4 Å². The van der Waals surface area contributed by atoms with Crippen LogP contribution in [0.4, 0.5) is 10.5 Å². The fraction of sp³-hybridized carbons (Fsp3) is 0.289. The molecule has 0 bridgehead atoms. The molecular weight excluding hydrogens is 664 g/mol. The summed E-state index contributed by atoms with van der Waals surface area (Å²) in [5.41, 5.74) is 0.731. The van der Waals surface area contributed by atoms with Gasteiger partial charge in [0.2, 0.25) is 29.4 Å². The fourth-order valence-corrected chi connectivity index (χ4v) is 8.66. The van der Waals surface area contributed by atoms with E-state index in [-0.39, 0.29) is 30.1 Å². The molecule has 0 radical (unpaired) electrons. The van der Waals surface area contributed by atoms with Crippen molar-refractivity contribution in [3.63, 3.8) is 0 Å². The number of benzene rings is 3. The fourth-order valence-electron chi connectivity index (χ4n) is 8.48. The second-order valence-corrected chi connectivity index (χ2v) is 13.2. The lowest BCUT2D eigenvalue weighted by Crippen LogP contribution is -2.54. The van der Waals surface area contributed by atoms with Gasteiger partial charge in [0.05, 0.1) is 50.2 Å². The molecule has 2 heterocycles. The number of hydrogen-bond donors (Lipinski definition) is 1. The Labute approximate surface area is 292 Å². The summed E-state index contributed by atoms with van der Waals surface area (Å²) in [4.78, 5) is 71.6. The van der Waals surface area contributed by atoms with Crippen molar-refractivity contribution in [3.05, 3.63) is 101 Å². The van der Waals surface area contributed by atoms with Gasteiger partial charge in [-0.05, 0) is 60.2 Å². The Morgan fingerprint density at radius 3 is 2.24 bits per heavy atom. The third-order valence-electron chi connectivity index (χ3n) is 10.6. The number of ether oxygens (including phenoxy) is 3. The average Bonchev–Trinajstić information content (AvgIpc) is 3.52. The lowest BCUT2D eigenvalue weighted by molar-refractivity contribution is -0.138. The Morgan fingerprint density at radius 2 is 1.60 bits per heavy atom. The Hall–Kier alpha value is -5.42. The van der Waals surface area contributed by atoms with Crippen LogP contribution in [0.1, 0.15) is 24.0 Å². The first-order valence-electron chi connectivity index (χ1n) is 16.1. The summed E-state index contributed by atoms with van der Waals surface area (Å²) in [5.74, 6) is -6.29. The highest BCUT2D eigenvalue weighted by molar-refractivity contribution is 6.32. The zero-order valence-electron chi connectivity index (χ0n) is 27.4. The number of phenolic OH excluding ortho intramolecular Hbond substituents is 1. The molecule has 0 aromatic heterocycles. The molecule has 2 aliphatic heterocycles. The van der Waals surface area contributed by atoms with Gasteiger partial charge in [-0.3, -0.25) is 19.2 Å². The lowest BCUT2D eigenvalue weighted by atomic mass is 9.50. The Kier molecular flexibility index (Phi) is 8.26. The minimum Gasteiger partial charge on any atom is -0.502 e. The summed E-state index contributed by atoms with van der Waals surface area (Å²) in [6.45, 7) is 0. The smallest absolute Gasteiger partial charge is 0.423 e. The van der Waals surface area contributed by atoms with Gasteiger partial charge in [-0.15, -0.1) is 0 Å². The van der Waals surface area contributed by atoms with E-state index in [1.54, 1.807) is 42.5 Å². The predicted octanol–water partition coefficient (Wildman–Crippen LogP) is 5.54. The summed E-state index contributed by atoms with van der Waals surface area (Å²) in [6.07, 6.45) is 4.63. The highest BCUT2D eigenvalue weighted by Gasteiger charge is 2.69. The topological polar surface area (TPSA) is 140 Å². The minimum atomic E-state index is -1.47. The van der Waals surface area contributed by atoms with Gasteiger partial charge in [0, 0.05) is 10.9 Å². The first-order valence-corrected chi connectivity index (χ1v) is 16.4. The van der Waals surface area contributed by atoms with Crippen molar-refractivity contribution >= 4 is 53.1 Å². The molecule has 11 nitrogen and oxygen atoms in total. The van der Waals surface area contributed by atoms with E-state index >= 15 is 4.79 Å². The van der Waals surface area contributed by atoms with Crippen LogP contribution in [0.15, 0.2) is 84.5 Å². The zero-order chi connectivity index (χ0) is 35.5. The minimum absolute atomic E-state index is 0.0722. The first-order chi connectivity index (χ1) is 24.1. The van der Waals surface area contributed by atoms with Gasteiger partial charge in [0.25, 0.3) is 0 Å². The van der Waals surface area contributed by atoms with E-state index in [1.807, 2.05) is 42.5 Å². The van der Waals surface area contributed by atoms with Crippen molar-refractivity contribution in [3.8, 4) is 17.2 Å². The Morgan fingerprint density at radius 1 is 0.900 bits per heavy atom. The van der Waals surface area contributed by atoms with Crippen LogP contribution in [0.3, 0.4) is 0 Å². The number of aromatic hydroxyl groups is 1. The van der Waals surface area contributed by atoms with E-state index in [0.29, 0.717) is 32.3 Å². The van der Waals surface area contributed by atoms with Crippen molar-refractivity contribution in [1.29, 1.82) is 0 Å². The summed E-state index contributed by atoms with van der Waals surface area (Å²) in [7, 11) is 3.93. The molecule has 1 N–H and O–H groups in total. The largest absolute Gasteiger partial charge is 0.502 e. The number of hydrogen-bond acceptors (Lipinski definition) is 9. The summed E-state index contributed by atoms with van der Waals surface area (Å²) in [6, 6.07) is 18.8. The zero-order valence-corrected chi connectivity index (χ0v) is 28.1.